The maximum Gasteiger partial charge on any atom is 0.211 e. The van der Waals surface area contributed by atoms with Gasteiger partial charge < -0.3 is 5.11 Å². The van der Waals surface area contributed by atoms with Gasteiger partial charge in [-0.2, -0.15) is 10.2 Å². The van der Waals surface area contributed by atoms with Crippen LogP contribution in [0.1, 0.15) is 25.0 Å². The van der Waals surface area contributed by atoms with Gasteiger partial charge in [-0.15, -0.1) is 11.6 Å². The fourth-order valence-corrected chi connectivity index (χ4v) is 1.45. The minimum absolute atomic E-state index is 0.0833. The number of hydrogen-bond acceptors (Lipinski definition) is 4. The third kappa shape index (κ3) is 10.2. The standard InChI is InChI=1S/C6H9ClN2.C6H10N2O.Cl2OS/c1-2-9-5-6(3-7)4-8-9;1-2-8-4-6(5-9)3-7-8;1-4(2)3/h4-5H,2-3H2,1H3;3-4,9H,2,5H2,1H3;. The monoisotopic (exact) mass is 388 g/mol. The fourth-order valence-electron chi connectivity index (χ4n) is 1.31. The Kier molecular flexibility index (Phi) is 12.5. The van der Waals surface area contributed by atoms with Crippen molar-refractivity contribution in [2.75, 3.05) is 0 Å². The van der Waals surface area contributed by atoms with E-state index in [1.165, 1.54) is 0 Å². The number of rotatable bonds is 4. The number of aliphatic hydroxyl groups excluding tert-OH is 1. The SMILES string of the molecule is CCn1cc(CCl)cn1.CCn1cc(CO)cn1.O=S(Cl)Cl. The van der Waals surface area contributed by atoms with E-state index < -0.39 is 9.23 Å². The maximum atomic E-state index is 9.09. The second-order valence-electron chi connectivity index (χ2n) is 3.88. The van der Waals surface area contributed by atoms with E-state index in [9.17, 15) is 0 Å². The van der Waals surface area contributed by atoms with Crippen molar-refractivity contribution in [1.29, 1.82) is 0 Å². The van der Waals surface area contributed by atoms with Crippen molar-refractivity contribution in [2.45, 2.75) is 39.4 Å². The first kappa shape index (κ1) is 21.4. The lowest BCUT2D eigenvalue weighted by molar-refractivity contribution is 0.281. The summed E-state index contributed by atoms with van der Waals surface area (Å²) in [5.41, 5.74) is 1.95. The van der Waals surface area contributed by atoms with Gasteiger partial charge in [0.15, 0.2) is 0 Å². The van der Waals surface area contributed by atoms with E-state index >= 15 is 0 Å². The summed E-state index contributed by atoms with van der Waals surface area (Å²) in [5, 5.41) is 16.6. The molecule has 0 atom stereocenters. The highest BCUT2D eigenvalue weighted by Crippen LogP contribution is 2.00. The first-order chi connectivity index (χ1) is 10.5. The number of aliphatic hydroxyl groups is 1. The van der Waals surface area contributed by atoms with Gasteiger partial charge in [-0.1, -0.05) is 0 Å². The lowest BCUT2D eigenvalue weighted by Gasteiger charge is -1.89. The van der Waals surface area contributed by atoms with Gasteiger partial charge in [0.25, 0.3) is 0 Å². The van der Waals surface area contributed by atoms with Gasteiger partial charge in [0, 0.05) is 58.0 Å². The van der Waals surface area contributed by atoms with E-state index in [-0.39, 0.29) is 6.61 Å². The summed E-state index contributed by atoms with van der Waals surface area (Å²) in [4.78, 5) is 0. The van der Waals surface area contributed by atoms with Gasteiger partial charge in [0.2, 0.25) is 9.23 Å². The third-order valence-electron chi connectivity index (χ3n) is 2.36. The predicted octanol–water partition coefficient (Wildman–Crippen LogP) is 3.08. The molecule has 0 aliphatic rings. The number of halogens is 3. The molecule has 0 bridgehead atoms. The molecule has 126 valence electrons. The predicted molar refractivity (Wildman–Crippen MR) is 91.1 cm³/mol. The minimum Gasteiger partial charge on any atom is -0.392 e. The van der Waals surface area contributed by atoms with Crippen LogP contribution in [0, 0.1) is 0 Å². The third-order valence-corrected chi connectivity index (χ3v) is 2.67. The Morgan fingerprint density at radius 1 is 1.09 bits per heavy atom. The van der Waals surface area contributed by atoms with E-state index in [1.807, 2.05) is 30.9 Å². The molecule has 0 spiro atoms. The number of hydrogen-bond donors (Lipinski definition) is 1. The van der Waals surface area contributed by atoms with Crippen molar-refractivity contribution in [3.8, 4) is 0 Å². The van der Waals surface area contributed by atoms with E-state index in [1.54, 1.807) is 17.1 Å². The van der Waals surface area contributed by atoms with Gasteiger partial charge in [-0.25, -0.2) is 4.21 Å². The Balaban J connectivity index is 0.000000326. The van der Waals surface area contributed by atoms with Crippen LogP contribution in [0.15, 0.2) is 24.8 Å². The summed E-state index contributed by atoms with van der Waals surface area (Å²) in [5.74, 6) is 0.556. The van der Waals surface area contributed by atoms with Crippen LogP contribution >= 0.6 is 33.0 Å². The molecule has 0 amide bonds. The molecule has 10 heteroatoms. The van der Waals surface area contributed by atoms with Crippen LogP contribution < -0.4 is 0 Å². The van der Waals surface area contributed by atoms with Crippen molar-refractivity contribution in [3.63, 3.8) is 0 Å². The lowest BCUT2D eigenvalue weighted by atomic mass is 10.4. The molecular weight excluding hydrogens is 371 g/mol. The van der Waals surface area contributed by atoms with E-state index in [0.717, 1.165) is 24.2 Å². The molecule has 0 saturated heterocycles. The number of nitrogens with zero attached hydrogens (tertiary/aromatic N) is 4. The van der Waals surface area contributed by atoms with Crippen LogP contribution in [0.5, 0.6) is 0 Å². The van der Waals surface area contributed by atoms with Crippen molar-refractivity contribution >= 4 is 42.2 Å². The van der Waals surface area contributed by atoms with Crippen molar-refractivity contribution in [3.05, 3.63) is 35.9 Å². The smallest absolute Gasteiger partial charge is 0.211 e. The van der Waals surface area contributed by atoms with Gasteiger partial charge >= 0.3 is 0 Å². The van der Waals surface area contributed by atoms with Gasteiger partial charge in [0.1, 0.15) is 0 Å². The first-order valence-corrected chi connectivity index (χ1v) is 9.74. The second kappa shape index (κ2) is 12.9. The van der Waals surface area contributed by atoms with Crippen molar-refractivity contribution < 1.29 is 9.32 Å². The summed E-state index contributed by atoms with van der Waals surface area (Å²) in [6.45, 7) is 5.91. The molecular formula is C12H19Cl3N4O2S. The average Bonchev–Trinajstić information content (AvgIpc) is 3.15. The van der Waals surface area contributed by atoms with Crippen molar-refractivity contribution in [2.24, 2.45) is 0 Å². The quantitative estimate of drug-likeness (QED) is 0.644. The molecule has 0 aliphatic heterocycles. The lowest BCUT2D eigenvalue weighted by Crippen LogP contribution is -1.92. The highest BCUT2D eigenvalue weighted by atomic mass is 36.0. The molecule has 0 saturated carbocycles. The highest BCUT2D eigenvalue weighted by molar-refractivity contribution is 8.26. The maximum absolute atomic E-state index is 9.09. The number of aryl methyl sites for hydroxylation is 2. The van der Waals surface area contributed by atoms with E-state index in [4.69, 9.17) is 20.9 Å². The number of aromatic nitrogens is 4. The molecule has 2 rings (SSSR count). The molecule has 0 fully saturated rings. The second-order valence-corrected chi connectivity index (χ2v) is 6.68. The fraction of sp³-hybridized carbons (Fsp3) is 0.500. The Morgan fingerprint density at radius 2 is 1.50 bits per heavy atom. The molecule has 6 nitrogen and oxygen atoms in total. The molecule has 22 heavy (non-hydrogen) atoms. The molecule has 0 aromatic carbocycles. The van der Waals surface area contributed by atoms with Crippen LogP contribution in [-0.2, 0) is 34.8 Å². The zero-order chi connectivity index (χ0) is 17.0. The Morgan fingerprint density at radius 3 is 1.73 bits per heavy atom. The van der Waals surface area contributed by atoms with Gasteiger partial charge in [0.05, 0.1) is 24.9 Å². The Labute approximate surface area is 146 Å². The molecule has 2 aromatic heterocycles. The molecule has 0 aliphatic carbocycles. The van der Waals surface area contributed by atoms with Gasteiger partial charge in [-0.05, 0) is 13.8 Å². The van der Waals surface area contributed by atoms with Crippen LogP contribution in [0.3, 0.4) is 0 Å². The van der Waals surface area contributed by atoms with E-state index in [0.29, 0.717) is 5.88 Å². The Hall–Kier alpha value is -0.600. The molecule has 0 radical (unpaired) electrons. The first-order valence-electron chi connectivity index (χ1n) is 6.40. The molecule has 2 aromatic rings. The molecule has 1 N–H and O–H groups in total. The topological polar surface area (TPSA) is 72.9 Å². The average molecular weight is 390 g/mol. The van der Waals surface area contributed by atoms with Crippen LogP contribution in [0.25, 0.3) is 0 Å². The Bertz CT molecular complexity index is 465. The molecule has 2 heterocycles. The number of alkyl halides is 1. The van der Waals surface area contributed by atoms with Crippen LogP contribution in [-0.4, -0.2) is 28.9 Å². The highest BCUT2D eigenvalue weighted by Gasteiger charge is 1.92. The summed E-state index contributed by atoms with van der Waals surface area (Å²) in [6.07, 6.45) is 7.24. The minimum atomic E-state index is -1.67. The van der Waals surface area contributed by atoms with Crippen molar-refractivity contribution in [1.82, 2.24) is 19.6 Å². The normalized spacial score (nSPS) is 9.77. The van der Waals surface area contributed by atoms with Crippen LogP contribution in [0.4, 0.5) is 0 Å². The van der Waals surface area contributed by atoms with Gasteiger partial charge in [-0.3, -0.25) is 9.36 Å². The van der Waals surface area contributed by atoms with E-state index in [2.05, 4.69) is 31.6 Å². The summed E-state index contributed by atoms with van der Waals surface area (Å²) >= 11 is 5.54. The zero-order valence-electron chi connectivity index (χ0n) is 12.3. The molecule has 0 unspecified atom stereocenters. The van der Waals surface area contributed by atoms with Crippen LogP contribution in [0.2, 0.25) is 0 Å². The summed E-state index contributed by atoms with van der Waals surface area (Å²) in [6, 6.07) is 0. The largest absolute Gasteiger partial charge is 0.392 e. The summed E-state index contributed by atoms with van der Waals surface area (Å²) < 4.78 is 12.7. The summed E-state index contributed by atoms with van der Waals surface area (Å²) in [7, 11) is 7.36. The zero-order valence-corrected chi connectivity index (χ0v) is 15.4.